The van der Waals surface area contributed by atoms with Gasteiger partial charge in [-0.25, -0.2) is 0 Å². The Kier molecular flexibility index (Phi) is 3.32. The first kappa shape index (κ1) is 15.7. The average Bonchev–Trinajstić information content (AvgIpc) is 2.75. The van der Waals surface area contributed by atoms with Crippen molar-refractivity contribution in [1.29, 1.82) is 0 Å². The van der Waals surface area contributed by atoms with E-state index in [9.17, 15) is 4.79 Å². The van der Waals surface area contributed by atoms with Crippen molar-refractivity contribution in [3.8, 4) is 0 Å². The SMILES string of the molecule is C=C1C[C@@]23CC[C@@H]4[C@@](C)(CCC[C@@]4(C)C(=O)OC)[C@H]2CC[C@H]1C3. The molecule has 6 atom stereocenters. The largest absolute Gasteiger partial charge is 0.469 e. The molecule has 4 saturated carbocycles. The van der Waals surface area contributed by atoms with Crippen molar-refractivity contribution in [2.45, 2.75) is 71.6 Å². The number of carbonyl (C=O) groups is 1. The van der Waals surface area contributed by atoms with Gasteiger partial charge >= 0.3 is 5.97 Å². The van der Waals surface area contributed by atoms with Crippen LogP contribution in [0.25, 0.3) is 0 Å². The van der Waals surface area contributed by atoms with E-state index < -0.39 is 0 Å². The minimum atomic E-state index is -0.268. The summed E-state index contributed by atoms with van der Waals surface area (Å²) in [5.41, 5.74) is 2.09. The smallest absolute Gasteiger partial charge is 0.311 e. The maximum atomic E-state index is 12.6. The molecule has 2 bridgehead atoms. The normalized spacial score (nSPS) is 51.8. The zero-order valence-electron chi connectivity index (χ0n) is 15.1. The quantitative estimate of drug-likeness (QED) is 0.495. The standard InChI is InChI=1S/C21H32O2/c1-14-12-21-11-8-16-19(2,17(21)7-6-15(14)13-21)9-5-10-20(16,3)18(22)23-4/h15-17H,1,5-13H2,2-4H3/t15-,16+,17+,19+,20+,21+/m0/s1. The molecule has 0 radical (unpaired) electrons. The highest BCUT2D eigenvalue weighted by molar-refractivity contribution is 5.77. The van der Waals surface area contributed by atoms with E-state index in [-0.39, 0.29) is 11.4 Å². The number of hydrogen-bond acceptors (Lipinski definition) is 2. The Morgan fingerprint density at radius 2 is 1.91 bits per heavy atom. The number of fused-ring (bicyclic) bond motifs is 3. The van der Waals surface area contributed by atoms with Crippen LogP contribution < -0.4 is 0 Å². The zero-order valence-corrected chi connectivity index (χ0v) is 15.1. The number of methoxy groups -OCH3 is 1. The van der Waals surface area contributed by atoms with Gasteiger partial charge in [-0.3, -0.25) is 4.79 Å². The molecule has 23 heavy (non-hydrogen) atoms. The lowest BCUT2D eigenvalue weighted by molar-refractivity contribution is -0.183. The van der Waals surface area contributed by atoms with Crippen LogP contribution in [0.4, 0.5) is 0 Å². The lowest BCUT2D eigenvalue weighted by Gasteiger charge is -2.63. The molecule has 2 heteroatoms. The second kappa shape index (κ2) is 4.86. The summed E-state index contributed by atoms with van der Waals surface area (Å²) in [5, 5.41) is 0. The van der Waals surface area contributed by atoms with Crippen molar-refractivity contribution in [3.05, 3.63) is 12.2 Å². The Morgan fingerprint density at radius 1 is 1.13 bits per heavy atom. The second-order valence-electron chi connectivity index (χ2n) is 9.59. The number of rotatable bonds is 1. The van der Waals surface area contributed by atoms with Gasteiger partial charge in [-0.1, -0.05) is 25.5 Å². The maximum absolute atomic E-state index is 12.6. The molecule has 0 aromatic heterocycles. The van der Waals surface area contributed by atoms with E-state index in [2.05, 4.69) is 20.4 Å². The predicted molar refractivity (Wildman–Crippen MR) is 91.8 cm³/mol. The van der Waals surface area contributed by atoms with E-state index in [0.717, 1.165) is 18.3 Å². The van der Waals surface area contributed by atoms with Gasteiger partial charge in [-0.05, 0) is 86.9 Å². The topological polar surface area (TPSA) is 26.3 Å². The van der Waals surface area contributed by atoms with E-state index >= 15 is 0 Å². The number of allylic oxidation sites excluding steroid dienone is 1. The molecule has 2 nitrogen and oxygen atoms in total. The van der Waals surface area contributed by atoms with E-state index in [1.807, 2.05) is 0 Å². The molecule has 0 saturated heterocycles. The monoisotopic (exact) mass is 316 g/mol. The van der Waals surface area contributed by atoms with Crippen molar-refractivity contribution in [2.24, 2.45) is 34.0 Å². The first-order valence-electron chi connectivity index (χ1n) is 9.62. The molecule has 1 spiro atoms. The summed E-state index contributed by atoms with van der Waals surface area (Å²) in [4.78, 5) is 12.6. The van der Waals surface area contributed by atoms with E-state index in [1.54, 1.807) is 7.11 Å². The van der Waals surface area contributed by atoms with Gasteiger partial charge in [0.15, 0.2) is 0 Å². The molecule has 0 unspecified atom stereocenters. The molecule has 4 rings (SSSR count). The summed E-state index contributed by atoms with van der Waals surface area (Å²) in [6.07, 6.45) is 11.3. The molecular weight excluding hydrogens is 284 g/mol. The predicted octanol–water partition coefficient (Wildman–Crippen LogP) is 5.13. The summed E-state index contributed by atoms with van der Waals surface area (Å²) in [6.45, 7) is 9.12. The maximum Gasteiger partial charge on any atom is 0.311 e. The first-order chi connectivity index (χ1) is 10.9. The van der Waals surface area contributed by atoms with Gasteiger partial charge < -0.3 is 4.74 Å². The Hall–Kier alpha value is -0.790. The van der Waals surface area contributed by atoms with Crippen molar-refractivity contribution in [3.63, 3.8) is 0 Å². The number of carbonyl (C=O) groups excluding carboxylic acids is 1. The fourth-order valence-corrected chi connectivity index (χ4v) is 7.83. The van der Waals surface area contributed by atoms with Crippen LogP contribution in [-0.4, -0.2) is 13.1 Å². The van der Waals surface area contributed by atoms with Gasteiger partial charge in [0.25, 0.3) is 0 Å². The van der Waals surface area contributed by atoms with E-state index in [0.29, 0.717) is 16.7 Å². The third-order valence-electron chi connectivity index (χ3n) is 8.71. The fraction of sp³-hybridized carbons (Fsp3) is 0.857. The molecule has 0 aliphatic heterocycles. The summed E-state index contributed by atoms with van der Waals surface area (Å²) in [7, 11) is 1.57. The Balaban J connectivity index is 1.73. The molecule has 0 heterocycles. The van der Waals surface area contributed by atoms with Crippen molar-refractivity contribution in [2.75, 3.05) is 7.11 Å². The van der Waals surface area contributed by atoms with Gasteiger partial charge in [0.05, 0.1) is 12.5 Å². The minimum Gasteiger partial charge on any atom is -0.469 e. The average molecular weight is 316 g/mol. The summed E-state index contributed by atoms with van der Waals surface area (Å²) >= 11 is 0. The first-order valence-corrected chi connectivity index (χ1v) is 9.62. The number of ether oxygens (including phenoxy) is 1. The van der Waals surface area contributed by atoms with Gasteiger partial charge in [-0.15, -0.1) is 0 Å². The zero-order chi connectivity index (χ0) is 16.5. The Bertz CT molecular complexity index is 552. The van der Waals surface area contributed by atoms with Gasteiger partial charge in [-0.2, -0.15) is 0 Å². The molecule has 0 amide bonds. The molecule has 128 valence electrons. The van der Waals surface area contributed by atoms with Crippen molar-refractivity contribution in [1.82, 2.24) is 0 Å². The van der Waals surface area contributed by atoms with Crippen LogP contribution in [0.15, 0.2) is 12.2 Å². The van der Waals surface area contributed by atoms with Crippen LogP contribution in [0.5, 0.6) is 0 Å². The minimum absolute atomic E-state index is 0.0360. The highest BCUT2D eigenvalue weighted by Gasteiger charge is 2.65. The molecule has 0 aromatic carbocycles. The molecule has 0 aromatic rings. The molecule has 4 aliphatic rings. The second-order valence-corrected chi connectivity index (χ2v) is 9.59. The highest BCUT2D eigenvalue weighted by Crippen LogP contribution is 2.72. The number of esters is 1. The van der Waals surface area contributed by atoms with Crippen LogP contribution in [0.1, 0.15) is 71.6 Å². The summed E-state index contributed by atoms with van der Waals surface area (Å²) in [6, 6.07) is 0. The fourth-order valence-electron chi connectivity index (χ4n) is 7.83. The van der Waals surface area contributed by atoms with Gasteiger partial charge in [0, 0.05) is 0 Å². The van der Waals surface area contributed by atoms with E-state index in [4.69, 9.17) is 4.74 Å². The number of hydrogen-bond donors (Lipinski definition) is 0. The third kappa shape index (κ3) is 1.90. The van der Waals surface area contributed by atoms with Gasteiger partial charge in [0.2, 0.25) is 0 Å². The van der Waals surface area contributed by atoms with Crippen molar-refractivity contribution < 1.29 is 9.53 Å². The summed E-state index contributed by atoms with van der Waals surface area (Å²) < 4.78 is 5.25. The van der Waals surface area contributed by atoms with E-state index in [1.165, 1.54) is 56.9 Å². The van der Waals surface area contributed by atoms with Crippen LogP contribution in [0.3, 0.4) is 0 Å². The Morgan fingerprint density at radius 3 is 2.65 bits per heavy atom. The molecule has 4 fully saturated rings. The van der Waals surface area contributed by atoms with Crippen LogP contribution in [0.2, 0.25) is 0 Å². The van der Waals surface area contributed by atoms with Crippen LogP contribution in [-0.2, 0) is 9.53 Å². The lowest BCUT2D eigenvalue weighted by atomic mass is 9.41. The Labute approximate surface area is 141 Å². The van der Waals surface area contributed by atoms with Crippen LogP contribution in [0, 0.1) is 34.0 Å². The summed E-state index contributed by atoms with van der Waals surface area (Å²) in [5.74, 6) is 2.11. The molecule has 0 N–H and O–H groups in total. The molecular formula is C21H32O2. The lowest BCUT2D eigenvalue weighted by Crippen LogP contribution is -2.58. The van der Waals surface area contributed by atoms with Crippen molar-refractivity contribution >= 4 is 5.97 Å². The third-order valence-corrected chi connectivity index (χ3v) is 8.71. The molecule has 4 aliphatic carbocycles. The van der Waals surface area contributed by atoms with Gasteiger partial charge in [0.1, 0.15) is 0 Å². The highest BCUT2D eigenvalue weighted by atomic mass is 16.5. The van der Waals surface area contributed by atoms with Crippen LogP contribution >= 0.6 is 0 Å².